The molecule has 0 radical (unpaired) electrons. The summed E-state index contributed by atoms with van der Waals surface area (Å²) in [5, 5.41) is 0. The SMILES string of the molecule is COC(=O)CN(CC(=O)OC)C(=O)c1ccc(N)c(C)c1. The monoisotopic (exact) mass is 294 g/mol. The van der Waals surface area contributed by atoms with Gasteiger partial charge in [-0.3, -0.25) is 14.4 Å². The van der Waals surface area contributed by atoms with Crippen molar-refractivity contribution in [2.45, 2.75) is 6.92 Å². The third-order valence-electron chi connectivity index (χ3n) is 2.90. The van der Waals surface area contributed by atoms with E-state index in [0.717, 1.165) is 10.5 Å². The second kappa shape index (κ2) is 7.28. The summed E-state index contributed by atoms with van der Waals surface area (Å²) in [7, 11) is 2.41. The van der Waals surface area contributed by atoms with E-state index in [2.05, 4.69) is 9.47 Å². The fourth-order valence-electron chi connectivity index (χ4n) is 1.63. The van der Waals surface area contributed by atoms with E-state index in [4.69, 9.17) is 5.73 Å². The zero-order chi connectivity index (χ0) is 16.0. The Balaban J connectivity index is 2.99. The molecular weight excluding hydrogens is 276 g/mol. The lowest BCUT2D eigenvalue weighted by atomic mass is 10.1. The molecule has 0 aliphatic carbocycles. The molecule has 1 rings (SSSR count). The first-order valence-corrected chi connectivity index (χ1v) is 6.18. The van der Waals surface area contributed by atoms with Gasteiger partial charge in [0.15, 0.2) is 0 Å². The number of nitrogens with two attached hydrogens (primary N) is 1. The van der Waals surface area contributed by atoms with E-state index in [9.17, 15) is 14.4 Å². The quantitative estimate of drug-likeness (QED) is 0.622. The lowest BCUT2D eigenvalue weighted by Gasteiger charge is -2.20. The number of benzene rings is 1. The van der Waals surface area contributed by atoms with E-state index in [-0.39, 0.29) is 13.1 Å². The van der Waals surface area contributed by atoms with Gasteiger partial charge >= 0.3 is 11.9 Å². The lowest BCUT2D eigenvalue weighted by Crippen LogP contribution is -2.40. The zero-order valence-electron chi connectivity index (χ0n) is 12.2. The summed E-state index contributed by atoms with van der Waals surface area (Å²) in [6, 6.07) is 4.72. The van der Waals surface area contributed by atoms with Gasteiger partial charge in [0, 0.05) is 11.3 Å². The lowest BCUT2D eigenvalue weighted by molar-refractivity contribution is -0.144. The van der Waals surface area contributed by atoms with Gasteiger partial charge in [0.25, 0.3) is 5.91 Å². The maximum absolute atomic E-state index is 12.4. The van der Waals surface area contributed by atoms with Gasteiger partial charge in [-0.15, -0.1) is 0 Å². The molecule has 114 valence electrons. The van der Waals surface area contributed by atoms with E-state index in [1.807, 2.05) is 0 Å². The molecule has 1 aromatic rings. The van der Waals surface area contributed by atoms with Crippen molar-refractivity contribution in [3.63, 3.8) is 0 Å². The Hall–Kier alpha value is -2.57. The first kappa shape index (κ1) is 16.5. The summed E-state index contributed by atoms with van der Waals surface area (Å²) in [6.07, 6.45) is 0. The molecule has 0 heterocycles. The Morgan fingerprint density at radius 3 is 2.05 bits per heavy atom. The molecule has 0 aliphatic heterocycles. The standard InChI is InChI=1S/C14H18N2O5/c1-9-6-10(4-5-11(9)15)14(19)16(7-12(17)20-2)8-13(18)21-3/h4-6H,7-8,15H2,1-3H3. The van der Waals surface area contributed by atoms with Crippen molar-refractivity contribution in [2.24, 2.45) is 0 Å². The van der Waals surface area contributed by atoms with Gasteiger partial charge < -0.3 is 20.1 Å². The molecule has 0 bridgehead atoms. The van der Waals surface area contributed by atoms with Crippen LogP contribution in [0.4, 0.5) is 5.69 Å². The van der Waals surface area contributed by atoms with Crippen LogP contribution < -0.4 is 5.73 Å². The van der Waals surface area contributed by atoms with Crippen LogP contribution in [-0.2, 0) is 19.1 Å². The van der Waals surface area contributed by atoms with Crippen LogP contribution in [-0.4, -0.2) is 50.1 Å². The van der Waals surface area contributed by atoms with Crippen LogP contribution in [0.5, 0.6) is 0 Å². The van der Waals surface area contributed by atoms with Crippen molar-refractivity contribution in [3.05, 3.63) is 29.3 Å². The third-order valence-corrected chi connectivity index (χ3v) is 2.90. The largest absolute Gasteiger partial charge is 0.468 e. The van der Waals surface area contributed by atoms with Crippen molar-refractivity contribution in [2.75, 3.05) is 33.0 Å². The van der Waals surface area contributed by atoms with E-state index in [1.165, 1.54) is 20.3 Å². The molecule has 0 saturated carbocycles. The maximum Gasteiger partial charge on any atom is 0.325 e. The zero-order valence-corrected chi connectivity index (χ0v) is 12.2. The number of nitrogen functional groups attached to an aromatic ring is 1. The number of hydrogen-bond acceptors (Lipinski definition) is 6. The Morgan fingerprint density at radius 1 is 1.10 bits per heavy atom. The average Bonchev–Trinajstić information content (AvgIpc) is 2.48. The minimum Gasteiger partial charge on any atom is -0.468 e. The predicted molar refractivity (Wildman–Crippen MR) is 75.5 cm³/mol. The van der Waals surface area contributed by atoms with Crippen LogP contribution >= 0.6 is 0 Å². The summed E-state index contributed by atoms with van der Waals surface area (Å²) in [5.41, 5.74) is 7.31. The summed E-state index contributed by atoms with van der Waals surface area (Å²) in [4.78, 5) is 36.2. The molecule has 0 unspecified atom stereocenters. The Kier molecular flexibility index (Phi) is 5.71. The fourth-order valence-corrected chi connectivity index (χ4v) is 1.63. The molecule has 2 N–H and O–H groups in total. The molecule has 7 nitrogen and oxygen atoms in total. The molecule has 0 spiro atoms. The van der Waals surface area contributed by atoms with Gasteiger partial charge in [0.2, 0.25) is 0 Å². The summed E-state index contributed by atoms with van der Waals surface area (Å²) in [6.45, 7) is 1.08. The van der Waals surface area contributed by atoms with Crippen molar-refractivity contribution in [3.8, 4) is 0 Å². The smallest absolute Gasteiger partial charge is 0.325 e. The Morgan fingerprint density at radius 2 is 1.62 bits per heavy atom. The number of aryl methyl sites for hydroxylation is 1. The number of esters is 2. The maximum atomic E-state index is 12.4. The third kappa shape index (κ3) is 4.48. The number of methoxy groups -OCH3 is 2. The molecular formula is C14H18N2O5. The van der Waals surface area contributed by atoms with Crippen LogP contribution in [0.2, 0.25) is 0 Å². The number of nitrogens with zero attached hydrogens (tertiary/aromatic N) is 1. The van der Waals surface area contributed by atoms with Gasteiger partial charge in [-0.25, -0.2) is 0 Å². The highest BCUT2D eigenvalue weighted by atomic mass is 16.5. The second-order valence-electron chi connectivity index (χ2n) is 4.38. The number of amides is 1. The summed E-state index contributed by atoms with van der Waals surface area (Å²) < 4.78 is 9.04. The highest BCUT2D eigenvalue weighted by Gasteiger charge is 2.22. The van der Waals surface area contributed by atoms with Gasteiger partial charge in [-0.05, 0) is 30.7 Å². The molecule has 1 aromatic carbocycles. The Labute approximate surface area is 122 Å². The molecule has 0 saturated heterocycles. The first-order valence-electron chi connectivity index (χ1n) is 6.18. The molecule has 0 fully saturated rings. The minimum absolute atomic E-state index is 0.328. The van der Waals surface area contributed by atoms with Crippen LogP contribution in [0, 0.1) is 6.92 Å². The summed E-state index contributed by atoms with van der Waals surface area (Å²) in [5.74, 6) is -1.73. The van der Waals surface area contributed by atoms with Crippen LogP contribution in [0.15, 0.2) is 18.2 Å². The predicted octanol–water partition coefficient (Wildman–Crippen LogP) is 0.365. The molecule has 1 amide bonds. The van der Waals surface area contributed by atoms with Crippen molar-refractivity contribution in [1.82, 2.24) is 4.90 Å². The highest BCUT2D eigenvalue weighted by molar-refractivity contribution is 5.98. The molecule has 0 aromatic heterocycles. The second-order valence-corrected chi connectivity index (χ2v) is 4.38. The molecule has 21 heavy (non-hydrogen) atoms. The Bertz CT molecular complexity index is 538. The van der Waals surface area contributed by atoms with Crippen LogP contribution in [0.25, 0.3) is 0 Å². The van der Waals surface area contributed by atoms with Crippen LogP contribution in [0.1, 0.15) is 15.9 Å². The topological polar surface area (TPSA) is 98.9 Å². The molecule has 7 heteroatoms. The van der Waals surface area contributed by atoms with Gasteiger partial charge in [-0.2, -0.15) is 0 Å². The van der Waals surface area contributed by atoms with E-state index in [0.29, 0.717) is 11.3 Å². The van der Waals surface area contributed by atoms with E-state index >= 15 is 0 Å². The van der Waals surface area contributed by atoms with Crippen molar-refractivity contribution < 1.29 is 23.9 Å². The molecule has 0 aliphatic rings. The van der Waals surface area contributed by atoms with E-state index in [1.54, 1.807) is 19.1 Å². The van der Waals surface area contributed by atoms with Gasteiger partial charge in [0.05, 0.1) is 14.2 Å². The number of ether oxygens (including phenoxy) is 2. The van der Waals surface area contributed by atoms with E-state index < -0.39 is 17.8 Å². The van der Waals surface area contributed by atoms with Gasteiger partial charge in [-0.1, -0.05) is 0 Å². The minimum atomic E-state index is -0.626. The summed E-state index contributed by atoms with van der Waals surface area (Å²) >= 11 is 0. The number of hydrogen-bond donors (Lipinski definition) is 1. The van der Waals surface area contributed by atoms with Crippen molar-refractivity contribution in [1.29, 1.82) is 0 Å². The van der Waals surface area contributed by atoms with Crippen molar-refractivity contribution >= 4 is 23.5 Å². The number of anilines is 1. The number of carbonyl (C=O) groups excluding carboxylic acids is 3. The fraction of sp³-hybridized carbons (Fsp3) is 0.357. The highest BCUT2D eigenvalue weighted by Crippen LogP contribution is 2.14. The van der Waals surface area contributed by atoms with Gasteiger partial charge in [0.1, 0.15) is 13.1 Å². The number of rotatable bonds is 5. The first-order chi connectivity index (χ1) is 9.88. The average molecular weight is 294 g/mol. The number of carbonyl (C=O) groups is 3. The van der Waals surface area contributed by atoms with Crippen LogP contribution in [0.3, 0.4) is 0 Å². The molecule has 0 atom stereocenters. The normalized spacial score (nSPS) is 9.86.